The first kappa shape index (κ1) is 16.0. The molecule has 0 fully saturated rings. The summed E-state index contributed by atoms with van der Waals surface area (Å²) in [6, 6.07) is 33.6. The molecule has 0 unspecified atom stereocenters. The summed E-state index contributed by atoms with van der Waals surface area (Å²) in [4.78, 5) is 0. The summed E-state index contributed by atoms with van der Waals surface area (Å²) in [6.45, 7) is 0. The van der Waals surface area contributed by atoms with Gasteiger partial charge in [-0.1, -0.05) is 72.3 Å². The summed E-state index contributed by atoms with van der Waals surface area (Å²) < 4.78 is 2.25. The molecular weight excluding hydrogens is 350 g/mol. The summed E-state index contributed by atoms with van der Waals surface area (Å²) in [7, 11) is 0. The van der Waals surface area contributed by atoms with Crippen LogP contribution in [0, 0.1) is 0 Å². The molecule has 0 saturated heterocycles. The van der Waals surface area contributed by atoms with Crippen LogP contribution >= 0.6 is 11.6 Å². The fraction of sp³-hybridized carbons (Fsp3) is 0. The highest BCUT2D eigenvalue weighted by Gasteiger charge is 2.22. The van der Waals surface area contributed by atoms with E-state index in [0.29, 0.717) is 0 Å². The lowest BCUT2D eigenvalue weighted by Crippen LogP contribution is -2.23. The summed E-state index contributed by atoms with van der Waals surface area (Å²) in [6.07, 6.45) is 2.12. The van der Waals surface area contributed by atoms with Crippen LogP contribution < -0.4 is 4.40 Å². The zero-order valence-corrected chi connectivity index (χ0v) is 15.4. The fourth-order valence-electron chi connectivity index (χ4n) is 3.84. The van der Waals surface area contributed by atoms with Gasteiger partial charge in [0.25, 0.3) is 0 Å². The topological polar surface area (TPSA) is 4.10 Å². The maximum absolute atomic E-state index is 6.42. The SMILES string of the molecule is Clc1ccc2c(c1)c(-c1ccccc1)c(-c1ccccc1)c1cccc[n+]12. The van der Waals surface area contributed by atoms with Gasteiger partial charge in [0, 0.05) is 28.8 Å². The van der Waals surface area contributed by atoms with Gasteiger partial charge in [0.1, 0.15) is 0 Å². The third-order valence-corrected chi connectivity index (χ3v) is 5.21. The van der Waals surface area contributed by atoms with Gasteiger partial charge in [0.15, 0.2) is 6.20 Å². The lowest BCUT2D eigenvalue weighted by Gasteiger charge is -2.14. The van der Waals surface area contributed by atoms with Crippen molar-refractivity contribution in [3.05, 3.63) is 108 Å². The maximum atomic E-state index is 6.42. The number of nitrogens with zero attached hydrogens (tertiary/aromatic N) is 1. The molecule has 0 aliphatic rings. The van der Waals surface area contributed by atoms with Crippen molar-refractivity contribution < 1.29 is 4.40 Å². The number of halogens is 1. The molecule has 0 aliphatic carbocycles. The van der Waals surface area contributed by atoms with Crippen LogP contribution in [0.5, 0.6) is 0 Å². The minimum absolute atomic E-state index is 0.745. The van der Waals surface area contributed by atoms with Gasteiger partial charge >= 0.3 is 0 Å². The average molecular weight is 367 g/mol. The molecule has 2 heteroatoms. The van der Waals surface area contributed by atoms with Crippen LogP contribution in [-0.4, -0.2) is 0 Å². The number of hydrogen-bond acceptors (Lipinski definition) is 0. The van der Waals surface area contributed by atoms with E-state index in [2.05, 4.69) is 102 Å². The van der Waals surface area contributed by atoms with Crippen LogP contribution in [0.2, 0.25) is 5.02 Å². The van der Waals surface area contributed by atoms with Crippen molar-refractivity contribution in [3.63, 3.8) is 0 Å². The molecule has 0 spiro atoms. The molecule has 5 rings (SSSR count). The van der Waals surface area contributed by atoms with E-state index >= 15 is 0 Å². The zero-order chi connectivity index (χ0) is 18.2. The van der Waals surface area contributed by atoms with E-state index in [1.165, 1.54) is 27.8 Å². The second-order valence-corrected chi connectivity index (χ2v) is 7.04. The van der Waals surface area contributed by atoms with Crippen molar-refractivity contribution >= 4 is 28.0 Å². The molecular formula is C25H17ClN+. The molecule has 0 saturated carbocycles. The van der Waals surface area contributed by atoms with Crippen LogP contribution in [0.25, 0.3) is 38.7 Å². The van der Waals surface area contributed by atoms with Crippen molar-refractivity contribution in [3.8, 4) is 22.3 Å². The van der Waals surface area contributed by atoms with Gasteiger partial charge in [-0.05, 0) is 29.3 Å². The van der Waals surface area contributed by atoms with Gasteiger partial charge in [-0.25, -0.2) is 0 Å². The van der Waals surface area contributed by atoms with Gasteiger partial charge in [0.05, 0.1) is 10.9 Å². The van der Waals surface area contributed by atoms with E-state index in [-0.39, 0.29) is 0 Å². The molecule has 5 aromatic rings. The highest BCUT2D eigenvalue weighted by molar-refractivity contribution is 6.31. The molecule has 128 valence electrons. The van der Waals surface area contributed by atoms with Gasteiger partial charge in [0.2, 0.25) is 11.0 Å². The van der Waals surface area contributed by atoms with Crippen LogP contribution in [0.3, 0.4) is 0 Å². The number of rotatable bonds is 2. The van der Waals surface area contributed by atoms with Crippen LogP contribution in [0.1, 0.15) is 0 Å². The Balaban J connectivity index is 2.07. The van der Waals surface area contributed by atoms with Crippen molar-refractivity contribution in [1.29, 1.82) is 0 Å². The number of pyridine rings is 2. The molecule has 27 heavy (non-hydrogen) atoms. The molecule has 0 aliphatic heterocycles. The fourth-order valence-corrected chi connectivity index (χ4v) is 4.01. The predicted octanol–water partition coefficient (Wildman–Crippen LogP) is 6.57. The quantitative estimate of drug-likeness (QED) is 0.246. The Hall–Kier alpha value is -3.16. The smallest absolute Gasteiger partial charge is 0.159 e. The minimum atomic E-state index is 0.745. The monoisotopic (exact) mass is 366 g/mol. The lowest BCUT2D eigenvalue weighted by atomic mass is 9.90. The number of hydrogen-bond donors (Lipinski definition) is 0. The van der Waals surface area contributed by atoms with Crippen LogP contribution in [-0.2, 0) is 0 Å². The molecule has 0 amide bonds. The Labute approximate surface area is 163 Å². The molecule has 0 bridgehead atoms. The summed E-state index contributed by atoms with van der Waals surface area (Å²) >= 11 is 6.42. The molecule has 0 atom stereocenters. The number of benzene rings is 3. The second-order valence-electron chi connectivity index (χ2n) is 6.60. The van der Waals surface area contributed by atoms with Crippen LogP contribution in [0.15, 0.2) is 103 Å². The van der Waals surface area contributed by atoms with Crippen molar-refractivity contribution in [2.45, 2.75) is 0 Å². The first-order chi connectivity index (χ1) is 13.3. The Bertz CT molecular complexity index is 1260. The third kappa shape index (κ3) is 2.68. The van der Waals surface area contributed by atoms with Gasteiger partial charge < -0.3 is 0 Å². The first-order valence-electron chi connectivity index (χ1n) is 8.99. The number of aromatic nitrogens is 1. The Morgan fingerprint density at radius 2 is 1.19 bits per heavy atom. The largest absolute Gasteiger partial charge is 0.219 e. The maximum Gasteiger partial charge on any atom is 0.219 e. The van der Waals surface area contributed by atoms with Crippen molar-refractivity contribution in [2.75, 3.05) is 0 Å². The van der Waals surface area contributed by atoms with E-state index in [1.54, 1.807) is 0 Å². The summed E-state index contributed by atoms with van der Waals surface area (Å²) in [5, 5.41) is 1.89. The Morgan fingerprint density at radius 3 is 1.89 bits per heavy atom. The van der Waals surface area contributed by atoms with E-state index in [9.17, 15) is 0 Å². The molecule has 1 nitrogen and oxygen atoms in total. The normalized spacial score (nSPS) is 11.1. The third-order valence-electron chi connectivity index (χ3n) is 4.98. The minimum Gasteiger partial charge on any atom is -0.159 e. The molecule has 0 N–H and O–H groups in total. The van der Waals surface area contributed by atoms with Gasteiger partial charge in [-0.15, -0.1) is 0 Å². The molecule has 2 aromatic heterocycles. The second kappa shape index (κ2) is 6.53. The van der Waals surface area contributed by atoms with Crippen molar-refractivity contribution in [2.24, 2.45) is 0 Å². The summed E-state index contributed by atoms with van der Waals surface area (Å²) in [5.74, 6) is 0. The Kier molecular flexibility index (Phi) is 3.88. The summed E-state index contributed by atoms with van der Waals surface area (Å²) in [5.41, 5.74) is 7.14. The lowest BCUT2D eigenvalue weighted by molar-refractivity contribution is -0.481. The highest BCUT2D eigenvalue weighted by Crippen LogP contribution is 2.39. The van der Waals surface area contributed by atoms with E-state index in [0.717, 1.165) is 15.9 Å². The average Bonchev–Trinajstić information content (AvgIpc) is 2.74. The van der Waals surface area contributed by atoms with E-state index in [1.807, 2.05) is 6.07 Å². The predicted molar refractivity (Wildman–Crippen MR) is 113 cm³/mol. The number of fused-ring (bicyclic) bond motifs is 3. The standard InChI is InChI=1S/C25H17ClN/c26-20-14-15-22-21(17-20)24(18-9-3-1-4-10-18)25(19-11-5-2-6-12-19)23-13-7-8-16-27(22)23/h1-17H/q+1. The molecule has 0 radical (unpaired) electrons. The first-order valence-corrected chi connectivity index (χ1v) is 9.37. The Morgan fingerprint density at radius 1 is 0.556 bits per heavy atom. The van der Waals surface area contributed by atoms with Gasteiger partial charge in [-0.3, -0.25) is 0 Å². The van der Waals surface area contributed by atoms with Crippen molar-refractivity contribution in [1.82, 2.24) is 0 Å². The van der Waals surface area contributed by atoms with E-state index in [4.69, 9.17) is 11.6 Å². The molecule has 3 aromatic carbocycles. The van der Waals surface area contributed by atoms with E-state index < -0.39 is 0 Å². The van der Waals surface area contributed by atoms with Gasteiger partial charge in [-0.2, -0.15) is 4.40 Å². The highest BCUT2D eigenvalue weighted by atomic mass is 35.5. The van der Waals surface area contributed by atoms with Crippen LogP contribution in [0.4, 0.5) is 0 Å². The zero-order valence-electron chi connectivity index (χ0n) is 14.6. The molecule has 2 heterocycles.